The standard InChI is InChI=1S/C4H3NOS/c7-3-4-1-2-6-5-4/h1-3H. The van der Waals surface area contributed by atoms with Crippen molar-refractivity contribution in [1.82, 2.24) is 5.16 Å². The molecule has 0 atom stereocenters. The van der Waals surface area contributed by atoms with Gasteiger partial charge in [0.15, 0.2) is 0 Å². The average molecular weight is 113 g/mol. The second-order valence-electron chi connectivity index (χ2n) is 1.04. The van der Waals surface area contributed by atoms with E-state index in [1.165, 1.54) is 11.6 Å². The molecule has 0 saturated carbocycles. The van der Waals surface area contributed by atoms with E-state index in [-0.39, 0.29) is 0 Å². The van der Waals surface area contributed by atoms with Gasteiger partial charge >= 0.3 is 0 Å². The summed E-state index contributed by atoms with van der Waals surface area (Å²) in [5, 5.41) is 4.96. The van der Waals surface area contributed by atoms with Crippen molar-refractivity contribution >= 4 is 17.6 Å². The van der Waals surface area contributed by atoms with Gasteiger partial charge < -0.3 is 4.52 Å². The minimum absolute atomic E-state index is 0.704. The maximum absolute atomic E-state index is 4.52. The molecule has 3 heteroatoms. The van der Waals surface area contributed by atoms with E-state index < -0.39 is 0 Å². The first-order valence-electron chi connectivity index (χ1n) is 1.79. The third kappa shape index (κ3) is 0.838. The summed E-state index contributed by atoms with van der Waals surface area (Å²) in [7, 11) is 0. The van der Waals surface area contributed by atoms with Gasteiger partial charge in [-0.15, -0.1) is 0 Å². The molecule has 0 aliphatic rings. The van der Waals surface area contributed by atoms with Crippen LogP contribution in [0.1, 0.15) is 5.69 Å². The molecule has 1 aromatic heterocycles. The lowest BCUT2D eigenvalue weighted by Crippen LogP contribution is -1.70. The average Bonchev–Trinajstić information content (AvgIpc) is 2.14. The summed E-state index contributed by atoms with van der Waals surface area (Å²) < 4.78 is 4.46. The lowest BCUT2D eigenvalue weighted by molar-refractivity contribution is 0.419. The quantitative estimate of drug-likeness (QED) is 0.508. The molecular weight excluding hydrogens is 110 g/mol. The largest absolute Gasteiger partial charge is 0.364 e. The van der Waals surface area contributed by atoms with Crippen molar-refractivity contribution in [3.05, 3.63) is 18.0 Å². The summed E-state index contributed by atoms with van der Waals surface area (Å²) in [5.74, 6) is 0. The molecule has 36 valence electrons. The summed E-state index contributed by atoms with van der Waals surface area (Å²) in [4.78, 5) is 0. The number of hydrogen-bond donors (Lipinski definition) is 0. The van der Waals surface area contributed by atoms with Crippen molar-refractivity contribution in [2.45, 2.75) is 0 Å². The van der Waals surface area contributed by atoms with Gasteiger partial charge in [-0.05, 0) is 0 Å². The van der Waals surface area contributed by atoms with Gasteiger partial charge in [0.2, 0.25) is 0 Å². The Morgan fingerprint density at radius 1 is 1.86 bits per heavy atom. The first-order chi connectivity index (χ1) is 3.43. The molecule has 0 bridgehead atoms. The molecule has 0 fully saturated rings. The minimum Gasteiger partial charge on any atom is -0.364 e. The molecule has 0 saturated heterocycles. The molecule has 0 aliphatic carbocycles. The molecule has 7 heavy (non-hydrogen) atoms. The van der Waals surface area contributed by atoms with E-state index in [2.05, 4.69) is 21.9 Å². The molecule has 0 N–H and O–H groups in total. The van der Waals surface area contributed by atoms with Crippen LogP contribution in [0.15, 0.2) is 16.9 Å². The van der Waals surface area contributed by atoms with Gasteiger partial charge in [-0.25, -0.2) is 0 Å². The normalized spacial score (nSPS) is 8.57. The van der Waals surface area contributed by atoms with Crippen LogP contribution in [0.2, 0.25) is 0 Å². The first kappa shape index (κ1) is 4.46. The lowest BCUT2D eigenvalue weighted by atomic mass is 10.5. The highest BCUT2D eigenvalue weighted by Crippen LogP contribution is 1.87. The molecule has 2 nitrogen and oxygen atoms in total. The molecule has 1 aromatic rings. The third-order valence-corrected chi connectivity index (χ3v) is 0.820. The fourth-order valence-corrected chi connectivity index (χ4v) is 0.404. The Labute approximate surface area is 46.1 Å². The summed E-state index contributed by atoms with van der Waals surface area (Å²) >= 11 is 4.52. The first-order valence-corrected chi connectivity index (χ1v) is 2.26. The van der Waals surface area contributed by atoms with E-state index in [1.54, 1.807) is 6.07 Å². The lowest BCUT2D eigenvalue weighted by Gasteiger charge is -1.65. The molecule has 0 amide bonds. The number of aromatic nitrogens is 1. The fraction of sp³-hybridized carbons (Fsp3) is 0. The molecule has 0 aromatic carbocycles. The zero-order chi connectivity index (χ0) is 5.11. The number of hydrogen-bond acceptors (Lipinski definition) is 3. The van der Waals surface area contributed by atoms with Crippen LogP contribution >= 0.6 is 12.2 Å². The van der Waals surface area contributed by atoms with Crippen LogP contribution in [-0.4, -0.2) is 10.5 Å². The van der Waals surface area contributed by atoms with Crippen LogP contribution in [-0.2, 0) is 0 Å². The van der Waals surface area contributed by atoms with Crippen molar-refractivity contribution in [3.8, 4) is 0 Å². The van der Waals surface area contributed by atoms with Gasteiger partial charge in [-0.2, -0.15) is 0 Å². The Balaban J connectivity index is 2.96. The Morgan fingerprint density at radius 3 is 3.00 bits per heavy atom. The molecule has 0 radical (unpaired) electrons. The van der Waals surface area contributed by atoms with E-state index >= 15 is 0 Å². The van der Waals surface area contributed by atoms with Crippen molar-refractivity contribution in [2.75, 3.05) is 0 Å². The van der Waals surface area contributed by atoms with E-state index in [0.717, 1.165) is 0 Å². The van der Waals surface area contributed by atoms with Crippen molar-refractivity contribution in [3.63, 3.8) is 0 Å². The Hall–Kier alpha value is -0.700. The van der Waals surface area contributed by atoms with Crippen molar-refractivity contribution < 1.29 is 4.52 Å². The summed E-state index contributed by atoms with van der Waals surface area (Å²) in [6.07, 6.45) is 1.48. The maximum atomic E-state index is 4.52. The molecule has 0 spiro atoms. The molecular formula is C4H3NOS. The highest BCUT2D eigenvalue weighted by molar-refractivity contribution is 7.79. The van der Waals surface area contributed by atoms with Crippen LogP contribution in [0.3, 0.4) is 0 Å². The smallest absolute Gasteiger partial charge is 0.124 e. The van der Waals surface area contributed by atoms with Crippen LogP contribution < -0.4 is 0 Å². The molecule has 0 unspecified atom stereocenters. The second kappa shape index (κ2) is 1.84. The summed E-state index contributed by atoms with van der Waals surface area (Å²) in [6.45, 7) is 0. The van der Waals surface area contributed by atoms with Crippen LogP contribution in [0, 0.1) is 0 Å². The molecule has 0 aliphatic heterocycles. The Morgan fingerprint density at radius 2 is 2.71 bits per heavy atom. The van der Waals surface area contributed by atoms with Crippen molar-refractivity contribution in [1.29, 1.82) is 0 Å². The fourth-order valence-electron chi connectivity index (χ4n) is 0.283. The Kier molecular flexibility index (Phi) is 1.17. The van der Waals surface area contributed by atoms with Gasteiger partial charge in [0.05, 0.1) is 0 Å². The number of thiocarbonyl (C=S) groups is 1. The number of rotatable bonds is 1. The number of nitrogens with zero attached hydrogens (tertiary/aromatic N) is 1. The monoisotopic (exact) mass is 113 g/mol. The van der Waals surface area contributed by atoms with E-state index in [1.807, 2.05) is 0 Å². The predicted molar refractivity (Wildman–Crippen MR) is 29.3 cm³/mol. The van der Waals surface area contributed by atoms with Crippen LogP contribution in [0.4, 0.5) is 0 Å². The minimum atomic E-state index is 0.704. The Bertz CT molecular complexity index is 147. The molecule has 1 heterocycles. The van der Waals surface area contributed by atoms with Gasteiger partial charge in [0.25, 0.3) is 0 Å². The zero-order valence-electron chi connectivity index (χ0n) is 3.50. The van der Waals surface area contributed by atoms with Crippen LogP contribution in [0.5, 0.6) is 0 Å². The second-order valence-corrected chi connectivity index (χ2v) is 1.28. The summed E-state index contributed by atoms with van der Waals surface area (Å²) in [5.41, 5.74) is 0.704. The van der Waals surface area contributed by atoms with Gasteiger partial charge in [-0.1, -0.05) is 17.4 Å². The zero-order valence-corrected chi connectivity index (χ0v) is 4.31. The van der Waals surface area contributed by atoms with Crippen molar-refractivity contribution in [2.24, 2.45) is 0 Å². The SMILES string of the molecule is S=Cc1ccon1. The van der Waals surface area contributed by atoms with Gasteiger partial charge in [-0.3, -0.25) is 0 Å². The third-order valence-electron chi connectivity index (χ3n) is 0.579. The van der Waals surface area contributed by atoms with Crippen LogP contribution in [0.25, 0.3) is 0 Å². The van der Waals surface area contributed by atoms with E-state index in [0.29, 0.717) is 5.69 Å². The highest BCUT2D eigenvalue weighted by atomic mass is 32.1. The van der Waals surface area contributed by atoms with E-state index in [4.69, 9.17) is 0 Å². The van der Waals surface area contributed by atoms with E-state index in [9.17, 15) is 0 Å². The van der Waals surface area contributed by atoms with Gasteiger partial charge in [0, 0.05) is 11.4 Å². The highest BCUT2D eigenvalue weighted by Gasteiger charge is 1.83. The topological polar surface area (TPSA) is 26.0 Å². The summed E-state index contributed by atoms with van der Waals surface area (Å²) in [6, 6.07) is 1.70. The maximum Gasteiger partial charge on any atom is 0.124 e. The molecule has 1 rings (SSSR count). The van der Waals surface area contributed by atoms with Gasteiger partial charge in [0.1, 0.15) is 12.0 Å². The predicted octanol–water partition coefficient (Wildman–Crippen LogP) is 1.02.